The minimum Gasteiger partial charge on any atom is -0.494 e. The smallest absolute Gasteiger partial charge is 0.335 e. The van der Waals surface area contributed by atoms with E-state index in [4.69, 9.17) is 29.4 Å². The normalized spacial score (nSPS) is 18.4. The van der Waals surface area contributed by atoms with Crippen LogP contribution in [0.1, 0.15) is 47.1 Å². The number of hydrogen-bond acceptors (Lipinski definition) is 9. The van der Waals surface area contributed by atoms with Gasteiger partial charge < -0.3 is 28.8 Å². The van der Waals surface area contributed by atoms with Gasteiger partial charge in [0.2, 0.25) is 5.88 Å². The number of anilines is 1. The van der Waals surface area contributed by atoms with Crippen molar-refractivity contribution < 1.29 is 28.5 Å². The van der Waals surface area contributed by atoms with Gasteiger partial charge in [-0.3, -0.25) is 4.90 Å². The van der Waals surface area contributed by atoms with E-state index >= 15 is 0 Å². The molecular formula is C33H35FN6O5. The second kappa shape index (κ2) is 13.1. The molecule has 0 saturated carbocycles. The van der Waals surface area contributed by atoms with Gasteiger partial charge in [-0.2, -0.15) is 10.2 Å². The van der Waals surface area contributed by atoms with Crippen molar-refractivity contribution in [2.45, 2.75) is 51.6 Å². The number of piperazine rings is 1. The van der Waals surface area contributed by atoms with Crippen LogP contribution in [0.5, 0.6) is 11.6 Å². The molecule has 0 aliphatic carbocycles. The Morgan fingerprint density at radius 2 is 2.04 bits per heavy atom. The molecule has 12 heteroatoms. The summed E-state index contributed by atoms with van der Waals surface area (Å²) in [4.78, 5) is 26.2. The van der Waals surface area contributed by atoms with Crippen LogP contribution < -0.4 is 14.4 Å². The number of benzene rings is 2. The average Bonchev–Trinajstić information content (AvgIpc) is 3.38. The van der Waals surface area contributed by atoms with E-state index < -0.39 is 11.8 Å². The molecule has 2 saturated heterocycles. The molecule has 1 N–H and O–H groups in total. The summed E-state index contributed by atoms with van der Waals surface area (Å²) in [6.45, 7) is 6.32. The summed E-state index contributed by atoms with van der Waals surface area (Å²) in [5.74, 6) is 0.959. The number of hydrogen-bond donors (Lipinski definition) is 1. The van der Waals surface area contributed by atoms with Crippen molar-refractivity contribution in [3.8, 4) is 17.7 Å². The lowest BCUT2D eigenvalue weighted by Crippen LogP contribution is -2.53. The highest BCUT2D eigenvalue weighted by molar-refractivity contribution is 5.95. The largest absolute Gasteiger partial charge is 0.494 e. The topological polar surface area (TPSA) is 126 Å². The van der Waals surface area contributed by atoms with Crippen LogP contribution in [0.25, 0.3) is 11.0 Å². The third kappa shape index (κ3) is 6.41. The number of ether oxygens (including phenoxy) is 3. The Morgan fingerprint density at radius 3 is 2.73 bits per heavy atom. The zero-order valence-corrected chi connectivity index (χ0v) is 25.3. The molecule has 234 valence electrons. The van der Waals surface area contributed by atoms with E-state index in [1.165, 1.54) is 19.2 Å². The van der Waals surface area contributed by atoms with Gasteiger partial charge in [0, 0.05) is 43.9 Å². The van der Waals surface area contributed by atoms with Crippen molar-refractivity contribution in [1.82, 2.24) is 19.4 Å². The highest BCUT2D eigenvalue weighted by Gasteiger charge is 2.30. The van der Waals surface area contributed by atoms with E-state index in [2.05, 4.69) is 21.3 Å². The Balaban J connectivity index is 1.18. The highest BCUT2D eigenvalue weighted by Crippen LogP contribution is 2.31. The molecule has 45 heavy (non-hydrogen) atoms. The van der Waals surface area contributed by atoms with Crippen LogP contribution in [0.15, 0.2) is 48.5 Å². The van der Waals surface area contributed by atoms with Gasteiger partial charge in [0.15, 0.2) is 0 Å². The minimum absolute atomic E-state index is 0.00496. The number of aromatic carboxylic acids is 1. The van der Waals surface area contributed by atoms with E-state index in [9.17, 15) is 14.3 Å². The van der Waals surface area contributed by atoms with E-state index in [1.54, 1.807) is 24.3 Å². The Bertz CT molecular complexity index is 1750. The fourth-order valence-electron chi connectivity index (χ4n) is 5.90. The van der Waals surface area contributed by atoms with Crippen molar-refractivity contribution in [1.29, 1.82) is 5.26 Å². The lowest BCUT2D eigenvalue weighted by molar-refractivity contribution is -0.0592. The monoisotopic (exact) mass is 614 g/mol. The van der Waals surface area contributed by atoms with Gasteiger partial charge in [-0.05, 0) is 43.2 Å². The van der Waals surface area contributed by atoms with Gasteiger partial charge in [-0.25, -0.2) is 14.2 Å². The number of aromatic nitrogens is 3. The molecule has 6 rings (SSSR count). The molecule has 0 radical (unpaired) electrons. The molecule has 2 aliphatic heterocycles. The number of carboxylic acid groups (broad SMARTS) is 1. The first-order chi connectivity index (χ1) is 21.9. The zero-order valence-electron chi connectivity index (χ0n) is 25.3. The Labute approximate surface area is 260 Å². The third-order valence-corrected chi connectivity index (χ3v) is 8.56. The molecular weight excluding hydrogens is 579 g/mol. The standard InChI is InChI=1S/C33H35FN6O5/c1-3-24-17-39(29-5-4-6-31(36-29)45-20-22-8-7-21(16-35)13-26(22)34)11-10-38(24)19-30-37-32-27(40(30)18-25-9-12-44-25)14-23(33(41)42)15-28(32)43-2/h4-8,13-15,24-25H,3,9-12,17-20H2,1-2H3,(H,41,42)/t24-,25-/m0/s1. The predicted molar refractivity (Wildman–Crippen MR) is 164 cm³/mol. The number of nitrogens with zero attached hydrogens (tertiary/aromatic N) is 6. The van der Waals surface area contributed by atoms with Crippen molar-refractivity contribution in [3.05, 3.63) is 76.9 Å². The summed E-state index contributed by atoms with van der Waals surface area (Å²) >= 11 is 0. The number of methoxy groups -OCH3 is 1. The fraction of sp³-hybridized carbons (Fsp3) is 0.394. The van der Waals surface area contributed by atoms with Crippen LogP contribution >= 0.6 is 0 Å². The second-order valence-corrected chi connectivity index (χ2v) is 11.3. The molecule has 0 bridgehead atoms. The number of pyridine rings is 1. The van der Waals surface area contributed by atoms with Gasteiger partial charge in [-0.15, -0.1) is 0 Å². The van der Waals surface area contributed by atoms with Crippen molar-refractivity contribution in [3.63, 3.8) is 0 Å². The average molecular weight is 615 g/mol. The molecule has 4 heterocycles. The van der Waals surface area contributed by atoms with Gasteiger partial charge >= 0.3 is 5.97 Å². The Kier molecular flexibility index (Phi) is 8.82. The summed E-state index contributed by atoms with van der Waals surface area (Å²) in [5.41, 5.74) is 2.14. The number of carboxylic acids is 1. The Morgan fingerprint density at radius 1 is 1.20 bits per heavy atom. The van der Waals surface area contributed by atoms with Gasteiger partial charge in [0.25, 0.3) is 0 Å². The molecule has 2 fully saturated rings. The summed E-state index contributed by atoms with van der Waals surface area (Å²) in [6, 6.07) is 15.2. The fourth-order valence-corrected chi connectivity index (χ4v) is 5.90. The van der Waals surface area contributed by atoms with Crippen LogP contribution in [0.4, 0.5) is 10.2 Å². The van der Waals surface area contributed by atoms with E-state index in [0.717, 1.165) is 56.2 Å². The summed E-state index contributed by atoms with van der Waals surface area (Å²) in [5, 5.41) is 18.7. The van der Waals surface area contributed by atoms with Crippen molar-refractivity contribution in [2.75, 3.05) is 38.3 Å². The number of imidazole rings is 1. The molecule has 2 atom stereocenters. The minimum atomic E-state index is -1.02. The molecule has 0 spiro atoms. The van der Waals surface area contributed by atoms with Crippen LogP contribution in [-0.4, -0.2) is 76.0 Å². The molecule has 2 aliphatic rings. The van der Waals surface area contributed by atoms with Crippen molar-refractivity contribution >= 4 is 22.8 Å². The maximum atomic E-state index is 14.3. The van der Waals surface area contributed by atoms with Crippen LogP contribution in [0.2, 0.25) is 0 Å². The summed E-state index contributed by atoms with van der Waals surface area (Å²) in [7, 11) is 1.53. The maximum absolute atomic E-state index is 14.3. The first-order valence-corrected chi connectivity index (χ1v) is 15.1. The van der Waals surface area contributed by atoms with Crippen LogP contribution in [0, 0.1) is 17.1 Å². The van der Waals surface area contributed by atoms with E-state index in [1.807, 2.05) is 18.2 Å². The lowest BCUT2D eigenvalue weighted by Gasteiger charge is -2.41. The van der Waals surface area contributed by atoms with E-state index in [0.29, 0.717) is 35.8 Å². The SMILES string of the molecule is CC[C@H]1CN(c2cccc(OCc3ccc(C#N)cc3F)n2)CCN1Cc1nc2c(OC)cc(C(=O)O)cc2n1C[C@@H]1CCO1. The highest BCUT2D eigenvalue weighted by atomic mass is 19.1. The predicted octanol–water partition coefficient (Wildman–Crippen LogP) is 4.62. The quantitative estimate of drug-likeness (QED) is 0.256. The van der Waals surface area contributed by atoms with Crippen LogP contribution in [0.3, 0.4) is 0 Å². The summed E-state index contributed by atoms with van der Waals surface area (Å²) < 4.78 is 33.5. The van der Waals surface area contributed by atoms with E-state index in [-0.39, 0.29) is 29.9 Å². The second-order valence-electron chi connectivity index (χ2n) is 11.3. The first-order valence-electron chi connectivity index (χ1n) is 15.1. The van der Waals surface area contributed by atoms with Crippen molar-refractivity contribution in [2.24, 2.45) is 0 Å². The molecule has 0 amide bonds. The van der Waals surface area contributed by atoms with Gasteiger partial charge in [0.05, 0.1) is 49.0 Å². The van der Waals surface area contributed by atoms with Crippen LogP contribution in [-0.2, 0) is 24.4 Å². The molecule has 0 unspecified atom stereocenters. The first kappa shape index (κ1) is 30.3. The third-order valence-electron chi connectivity index (χ3n) is 8.56. The lowest BCUT2D eigenvalue weighted by atomic mass is 10.1. The molecule has 2 aromatic heterocycles. The molecule has 4 aromatic rings. The zero-order chi connectivity index (χ0) is 31.5. The number of rotatable bonds is 11. The number of nitriles is 1. The summed E-state index contributed by atoms with van der Waals surface area (Å²) in [6.07, 6.45) is 1.92. The number of carbonyl (C=O) groups is 1. The molecule has 11 nitrogen and oxygen atoms in total. The Hall–Kier alpha value is -4.73. The molecule has 2 aromatic carbocycles. The number of halogens is 1. The number of fused-ring (bicyclic) bond motifs is 1. The van der Waals surface area contributed by atoms with Gasteiger partial charge in [0.1, 0.15) is 35.3 Å². The maximum Gasteiger partial charge on any atom is 0.335 e. The van der Waals surface area contributed by atoms with Gasteiger partial charge in [-0.1, -0.05) is 19.1 Å².